The number of nitroso groups, excluding NO2 is 1. The van der Waals surface area contributed by atoms with Gasteiger partial charge in [0.15, 0.2) is 5.69 Å². The van der Waals surface area contributed by atoms with Crippen LogP contribution in [0.4, 0.5) is 5.69 Å². The number of hydrogen-bond donors (Lipinski definition) is 0. The molecule has 0 aliphatic rings. The van der Waals surface area contributed by atoms with Gasteiger partial charge in [0.1, 0.15) is 0 Å². The lowest BCUT2D eigenvalue weighted by Crippen LogP contribution is -1.95. The van der Waals surface area contributed by atoms with Crippen molar-refractivity contribution in [3.63, 3.8) is 0 Å². The van der Waals surface area contributed by atoms with Gasteiger partial charge in [-0.2, -0.15) is 5.10 Å². The molecule has 4 heteroatoms. The molecular formula is C10H11N3O. The van der Waals surface area contributed by atoms with Crippen molar-refractivity contribution in [2.75, 3.05) is 0 Å². The van der Waals surface area contributed by atoms with Crippen LogP contribution in [0.1, 0.15) is 17.0 Å². The Bertz CT molecular complexity index is 514. The van der Waals surface area contributed by atoms with Gasteiger partial charge < -0.3 is 0 Å². The van der Waals surface area contributed by atoms with Crippen molar-refractivity contribution in [1.29, 1.82) is 0 Å². The van der Waals surface area contributed by atoms with Gasteiger partial charge in [-0.3, -0.25) is 0 Å². The van der Waals surface area contributed by atoms with Gasteiger partial charge in [-0.05, 0) is 37.6 Å². The van der Waals surface area contributed by atoms with Crippen LogP contribution in [0.5, 0.6) is 0 Å². The molecule has 0 aliphatic heterocycles. The summed E-state index contributed by atoms with van der Waals surface area (Å²) in [5.74, 6) is 0. The molecule has 14 heavy (non-hydrogen) atoms. The molecule has 2 aromatic heterocycles. The first-order valence-corrected chi connectivity index (χ1v) is 4.44. The Balaban J connectivity index is 2.93. The highest BCUT2D eigenvalue weighted by atomic mass is 16.3. The quantitative estimate of drug-likeness (QED) is 0.647. The summed E-state index contributed by atoms with van der Waals surface area (Å²) in [6.45, 7) is 5.78. The van der Waals surface area contributed by atoms with Gasteiger partial charge in [-0.25, -0.2) is 4.52 Å². The third kappa shape index (κ3) is 1.04. The van der Waals surface area contributed by atoms with Crippen molar-refractivity contribution in [2.45, 2.75) is 20.8 Å². The van der Waals surface area contributed by atoms with Crippen molar-refractivity contribution < 1.29 is 0 Å². The number of fused-ring (bicyclic) bond motifs is 1. The van der Waals surface area contributed by atoms with Gasteiger partial charge in [0.2, 0.25) is 0 Å². The van der Waals surface area contributed by atoms with E-state index in [1.54, 1.807) is 11.4 Å². The van der Waals surface area contributed by atoms with Gasteiger partial charge in [-0.15, -0.1) is 4.91 Å². The number of hydrogen-bond acceptors (Lipinski definition) is 3. The summed E-state index contributed by atoms with van der Waals surface area (Å²) >= 11 is 0. The molecule has 72 valence electrons. The summed E-state index contributed by atoms with van der Waals surface area (Å²) < 4.78 is 1.77. The Morgan fingerprint density at radius 1 is 1.29 bits per heavy atom. The Hall–Kier alpha value is -1.71. The minimum Gasteiger partial charge on any atom is -0.235 e. The maximum absolute atomic E-state index is 10.6. The average molecular weight is 189 g/mol. The molecule has 2 rings (SSSR count). The van der Waals surface area contributed by atoms with Gasteiger partial charge in [0.05, 0.1) is 11.2 Å². The van der Waals surface area contributed by atoms with Gasteiger partial charge in [-0.1, -0.05) is 6.07 Å². The average Bonchev–Trinajstić information content (AvgIpc) is 2.49. The summed E-state index contributed by atoms with van der Waals surface area (Å²) in [7, 11) is 0. The summed E-state index contributed by atoms with van der Waals surface area (Å²) in [4.78, 5) is 10.6. The molecule has 0 bridgehead atoms. The van der Waals surface area contributed by atoms with Crippen LogP contribution in [0.3, 0.4) is 0 Å². The largest absolute Gasteiger partial charge is 0.235 e. The second kappa shape index (κ2) is 2.90. The maximum atomic E-state index is 10.6. The molecule has 0 saturated heterocycles. The lowest BCUT2D eigenvalue weighted by atomic mass is 10.2. The van der Waals surface area contributed by atoms with E-state index in [0.29, 0.717) is 11.4 Å². The lowest BCUT2D eigenvalue weighted by Gasteiger charge is -2.01. The predicted molar refractivity (Wildman–Crippen MR) is 54.9 cm³/mol. The molecule has 0 N–H and O–H groups in total. The molecule has 0 aliphatic carbocycles. The van der Waals surface area contributed by atoms with Gasteiger partial charge >= 0.3 is 0 Å². The fourth-order valence-electron chi connectivity index (χ4n) is 1.55. The summed E-state index contributed by atoms with van der Waals surface area (Å²) in [6, 6.07) is 3.85. The van der Waals surface area contributed by atoms with E-state index >= 15 is 0 Å². The maximum Gasteiger partial charge on any atom is 0.156 e. The first kappa shape index (κ1) is 8.87. The van der Waals surface area contributed by atoms with Crippen LogP contribution in [0.2, 0.25) is 0 Å². The minimum absolute atomic E-state index is 0.438. The molecule has 0 unspecified atom stereocenters. The Kier molecular flexibility index (Phi) is 1.84. The second-order valence-electron chi connectivity index (χ2n) is 3.42. The van der Waals surface area contributed by atoms with Crippen molar-refractivity contribution >= 4 is 11.2 Å². The van der Waals surface area contributed by atoms with Crippen LogP contribution in [-0.2, 0) is 0 Å². The number of rotatable bonds is 1. The molecule has 2 aromatic rings. The van der Waals surface area contributed by atoms with E-state index in [-0.39, 0.29) is 0 Å². The number of pyridine rings is 1. The molecule has 0 fully saturated rings. The Labute approximate surface area is 81.5 Å². The normalized spacial score (nSPS) is 10.8. The van der Waals surface area contributed by atoms with Gasteiger partial charge in [0, 0.05) is 5.69 Å². The molecule has 2 heterocycles. The topological polar surface area (TPSA) is 46.7 Å². The minimum atomic E-state index is 0.438. The van der Waals surface area contributed by atoms with Crippen molar-refractivity contribution in [3.05, 3.63) is 34.0 Å². The van der Waals surface area contributed by atoms with E-state index in [2.05, 4.69) is 10.3 Å². The summed E-state index contributed by atoms with van der Waals surface area (Å²) in [6.07, 6.45) is 0. The SMILES string of the molecule is Cc1ccc2c(N=O)c(C)nn2c1C. The van der Waals surface area contributed by atoms with Crippen LogP contribution in [0, 0.1) is 25.7 Å². The van der Waals surface area contributed by atoms with Crippen LogP contribution in [-0.4, -0.2) is 9.61 Å². The van der Waals surface area contributed by atoms with E-state index in [4.69, 9.17) is 0 Å². The smallest absolute Gasteiger partial charge is 0.156 e. The predicted octanol–water partition coefficient (Wildman–Crippen LogP) is 2.66. The van der Waals surface area contributed by atoms with Crippen LogP contribution >= 0.6 is 0 Å². The Morgan fingerprint density at radius 2 is 2.00 bits per heavy atom. The van der Waals surface area contributed by atoms with E-state index in [1.165, 1.54) is 0 Å². The van der Waals surface area contributed by atoms with Crippen molar-refractivity contribution in [3.8, 4) is 0 Å². The monoisotopic (exact) mass is 189 g/mol. The van der Waals surface area contributed by atoms with E-state index in [0.717, 1.165) is 16.8 Å². The standard InChI is InChI=1S/C10H11N3O/c1-6-4-5-9-10(12-14)7(2)11-13(9)8(6)3/h4-5H,1-3H3. The third-order valence-electron chi connectivity index (χ3n) is 2.53. The van der Waals surface area contributed by atoms with Gasteiger partial charge in [0.25, 0.3) is 0 Å². The Morgan fingerprint density at radius 3 is 2.64 bits per heavy atom. The third-order valence-corrected chi connectivity index (χ3v) is 2.53. The molecular weight excluding hydrogens is 178 g/mol. The van der Waals surface area contributed by atoms with Crippen LogP contribution in [0.25, 0.3) is 5.52 Å². The highest BCUT2D eigenvalue weighted by Gasteiger charge is 2.11. The fraction of sp³-hybridized carbons (Fsp3) is 0.300. The van der Waals surface area contributed by atoms with E-state index in [1.807, 2.05) is 26.0 Å². The first-order valence-electron chi connectivity index (χ1n) is 4.44. The van der Waals surface area contributed by atoms with Crippen molar-refractivity contribution in [1.82, 2.24) is 9.61 Å². The molecule has 0 amide bonds. The van der Waals surface area contributed by atoms with E-state index < -0.39 is 0 Å². The highest BCUT2D eigenvalue weighted by molar-refractivity contribution is 5.71. The van der Waals surface area contributed by atoms with Crippen LogP contribution < -0.4 is 0 Å². The lowest BCUT2D eigenvalue weighted by molar-refractivity contribution is 0.883. The van der Waals surface area contributed by atoms with E-state index in [9.17, 15) is 4.91 Å². The number of aromatic nitrogens is 2. The number of nitrogens with zero attached hydrogens (tertiary/aromatic N) is 3. The zero-order valence-corrected chi connectivity index (χ0v) is 8.40. The molecule has 0 spiro atoms. The zero-order chi connectivity index (χ0) is 10.3. The highest BCUT2D eigenvalue weighted by Crippen LogP contribution is 2.25. The summed E-state index contributed by atoms with van der Waals surface area (Å²) in [5.41, 5.74) is 4.08. The molecule has 0 saturated carbocycles. The molecule has 4 nitrogen and oxygen atoms in total. The first-order chi connectivity index (χ1) is 6.65. The van der Waals surface area contributed by atoms with Crippen LogP contribution in [0.15, 0.2) is 17.3 Å². The zero-order valence-electron chi connectivity index (χ0n) is 8.40. The number of aryl methyl sites for hydroxylation is 3. The molecule has 0 aromatic carbocycles. The fourth-order valence-corrected chi connectivity index (χ4v) is 1.55. The molecule has 0 radical (unpaired) electrons. The molecule has 0 atom stereocenters. The summed E-state index contributed by atoms with van der Waals surface area (Å²) in [5, 5.41) is 7.26. The second-order valence-corrected chi connectivity index (χ2v) is 3.42. The van der Waals surface area contributed by atoms with Crippen molar-refractivity contribution in [2.24, 2.45) is 5.18 Å².